The monoisotopic (exact) mass is 363 g/mol. The lowest BCUT2D eigenvalue weighted by Gasteiger charge is -2.30. The number of anilines is 1. The van der Waals surface area contributed by atoms with Gasteiger partial charge >= 0.3 is 0 Å². The van der Waals surface area contributed by atoms with Crippen molar-refractivity contribution in [1.82, 2.24) is 9.88 Å². The molecule has 1 saturated heterocycles. The van der Waals surface area contributed by atoms with Crippen LogP contribution < -0.4 is 4.90 Å². The number of benzene rings is 1. The smallest absolute Gasteiger partial charge is 0.255 e. The maximum absolute atomic E-state index is 12.7. The van der Waals surface area contributed by atoms with E-state index in [0.717, 1.165) is 44.2 Å². The van der Waals surface area contributed by atoms with Crippen molar-refractivity contribution in [1.29, 1.82) is 0 Å². The first-order valence-corrected chi connectivity index (χ1v) is 10.1. The maximum atomic E-state index is 12.7. The van der Waals surface area contributed by atoms with Gasteiger partial charge < -0.3 is 9.80 Å². The van der Waals surface area contributed by atoms with E-state index in [4.69, 9.17) is 0 Å². The molecule has 1 saturated carbocycles. The predicted molar refractivity (Wildman–Crippen MR) is 109 cm³/mol. The molecule has 4 rings (SSSR count). The van der Waals surface area contributed by atoms with Crippen molar-refractivity contribution in [2.75, 3.05) is 31.6 Å². The van der Waals surface area contributed by atoms with E-state index < -0.39 is 0 Å². The highest BCUT2D eigenvalue weighted by atomic mass is 16.2. The zero-order valence-corrected chi connectivity index (χ0v) is 16.4. The highest BCUT2D eigenvalue weighted by Gasteiger charge is 2.45. The number of hydrogen-bond donors (Lipinski definition) is 0. The minimum Gasteiger partial charge on any atom is -0.359 e. The molecule has 1 aliphatic heterocycles. The molecule has 2 aromatic rings. The molecule has 1 aliphatic carbocycles. The summed E-state index contributed by atoms with van der Waals surface area (Å²) >= 11 is 0. The van der Waals surface area contributed by atoms with Crippen LogP contribution in [0.25, 0.3) is 0 Å². The van der Waals surface area contributed by atoms with Crippen LogP contribution in [0.3, 0.4) is 0 Å². The fraction of sp³-hybridized carbons (Fsp3) is 0.478. The van der Waals surface area contributed by atoms with Crippen molar-refractivity contribution in [3.8, 4) is 0 Å². The van der Waals surface area contributed by atoms with Crippen LogP contribution in [0.1, 0.15) is 48.5 Å². The number of piperidine rings is 1. The van der Waals surface area contributed by atoms with Gasteiger partial charge in [-0.25, -0.2) is 4.98 Å². The summed E-state index contributed by atoms with van der Waals surface area (Å²) in [5.74, 6) is 1.77. The van der Waals surface area contributed by atoms with Crippen LogP contribution in [0.15, 0.2) is 48.7 Å². The van der Waals surface area contributed by atoms with Gasteiger partial charge in [0.1, 0.15) is 5.82 Å². The Morgan fingerprint density at radius 1 is 1.15 bits per heavy atom. The Bertz CT molecular complexity index is 775. The van der Waals surface area contributed by atoms with Crippen LogP contribution in [0, 0.1) is 5.92 Å². The second-order valence-electron chi connectivity index (χ2n) is 8.38. The van der Waals surface area contributed by atoms with E-state index in [1.165, 1.54) is 18.4 Å². The van der Waals surface area contributed by atoms with Gasteiger partial charge in [-0.1, -0.05) is 37.3 Å². The van der Waals surface area contributed by atoms with Gasteiger partial charge in [-0.05, 0) is 49.3 Å². The van der Waals surface area contributed by atoms with Crippen LogP contribution in [0.4, 0.5) is 5.82 Å². The predicted octanol–water partition coefficient (Wildman–Crippen LogP) is 4.12. The van der Waals surface area contributed by atoms with Crippen molar-refractivity contribution in [2.24, 2.45) is 5.92 Å². The minimum absolute atomic E-state index is 0.117. The van der Waals surface area contributed by atoms with Crippen molar-refractivity contribution < 1.29 is 4.79 Å². The Morgan fingerprint density at radius 2 is 1.85 bits per heavy atom. The molecule has 2 aliphatic rings. The molecule has 0 bridgehead atoms. The molecule has 4 nitrogen and oxygen atoms in total. The molecule has 1 aromatic carbocycles. The van der Waals surface area contributed by atoms with E-state index in [-0.39, 0.29) is 11.3 Å². The largest absolute Gasteiger partial charge is 0.359 e. The third-order valence-corrected chi connectivity index (χ3v) is 6.24. The van der Waals surface area contributed by atoms with E-state index in [2.05, 4.69) is 54.2 Å². The highest BCUT2D eigenvalue weighted by Crippen LogP contribution is 2.48. The Hall–Kier alpha value is -2.36. The molecule has 2 fully saturated rings. The van der Waals surface area contributed by atoms with Crippen LogP contribution in [-0.2, 0) is 5.41 Å². The molecule has 4 heteroatoms. The zero-order chi connectivity index (χ0) is 18.9. The molecule has 27 heavy (non-hydrogen) atoms. The Labute approximate surface area is 162 Å². The van der Waals surface area contributed by atoms with E-state index >= 15 is 0 Å². The molecule has 0 spiro atoms. The van der Waals surface area contributed by atoms with Gasteiger partial charge in [-0.15, -0.1) is 0 Å². The van der Waals surface area contributed by atoms with Crippen molar-refractivity contribution >= 4 is 11.7 Å². The van der Waals surface area contributed by atoms with Crippen LogP contribution in [-0.4, -0.2) is 42.5 Å². The summed E-state index contributed by atoms with van der Waals surface area (Å²) in [6.45, 7) is 4.94. The molecule has 0 unspecified atom stereocenters. The van der Waals surface area contributed by atoms with Crippen LogP contribution in [0.2, 0.25) is 0 Å². The second kappa shape index (κ2) is 7.34. The number of carbonyl (C=O) groups excluding carboxylic acids is 1. The normalized spacial score (nSPS) is 19.0. The molecule has 0 atom stereocenters. The van der Waals surface area contributed by atoms with Crippen molar-refractivity contribution in [2.45, 2.75) is 38.0 Å². The number of carbonyl (C=O) groups is 1. The summed E-state index contributed by atoms with van der Waals surface area (Å²) < 4.78 is 0. The topological polar surface area (TPSA) is 36.4 Å². The number of nitrogens with zero attached hydrogens (tertiary/aromatic N) is 3. The van der Waals surface area contributed by atoms with Gasteiger partial charge in [0, 0.05) is 38.3 Å². The number of amides is 1. The fourth-order valence-corrected chi connectivity index (χ4v) is 4.15. The standard InChI is InChI=1S/C23H29N3O/c1-18-10-14-26(15-11-18)22(27)19-8-9-21(24-16-19)25(2)17-23(12-13-23)20-6-4-3-5-7-20/h3-9,16,18H,10-15,17H2,1-2H3. The molecule has 1 amide bonds. The summed E-state index contributed by atoms with van der Waals surface area (Å²) in [6.07, 6.45) is 6.40. The van der Waals surface area contributed by atoms with E-state index in [0.29, 0.717) is 5.56 Å². The lowest BCUT2D eigenvalue weighted by Crippen LogP contribution is -2.38. The van der Waals surface area contributed by atoms with E-state index in [1.54, 1.807) is 6.20 Å². The van der Waals surface area contributed by atoms with Gasteiger partial charge in [0.2, 0.25) is 0 Å². The highest BCUT2D eigenvalue weighted by molar-refractivity contribution is 5.94. The molecular weight excluding hydrogens is 334 g/mol. The maximum Gasteiger partial charge on any atom is 0.255 e. The van der Waals surface area contributed by atoms with Crippen molar-refractivity contribution in [3.05, 3.63) is 59.8 Å². The van der Waals surface area contributed by atoms with Gasteiger partial charge in [0.15, 0.2) is 0 Å². The summed E-state index contributed by atoms with van der Waals surface area (Å²) in [4.78, 5) is 21.5. The first-order chi connectivity index (χ1) is 13.1. The second-order valence-corrected chi connectivity index (χ2v) is 8.38. The average molecular weight is 364 g/mol. The fourth-order valence-electron chi connectivity index (χ4n) is 4.15. The third-order valence-electron chi connectivity index (χ3n) is 6.24. The number of hydrogen-bond acceptors (Lipinski definition) is 3. The molecule has 1 aromatic heterocycles. The van der Waals surface area contributed by atoms with E-state index in [9.17, 15) is 4.79 Å². The zero-order valence-electron chi connectivity index (χ0n) is 16.4. The van der Waals surface area contributed by atoms with Gasteiger partial charge in [-0.2, -0.15) is 0 Å². The number of likely N-dealkylation sites (tertiary alicyclic amines) is 1. The van der Waals surface area contributed by atoms with E-state index in [1.807, 2.05) is 17.0 Å². The SMILES string of the molecule is CC1CCN(C(=O)c2ccc(N(C)CC3(c4ccccc4)CC3)nc2)CC1. The third kappa shape index (κ3) is 3.85. The summed E-state index contributed by atoms with van der Waals surface area (Å²) in [6, 6.07) is 14.7. The van der Waals surface area contributed by atoms with Gasteiger partial charge in [0.25, 0.3) is 5.91 Å². The van der Waals surface area contributed by atoms with Gasteiger partial charge in [0.05, 0.1) is 5.56 Å². The molecular formula is C23H29N3O. The van der Waals surface area contributed by atoms with Crippen LogP contribution in [0.5, 0.6) is 0 Å². The molecule has 0 radical (unpaired) electrons. The first kappa shape index (κ1) is 18.0. The number of likely N-dealkylation sites (N-methyl/N-ethyl adjacent to an activating group) is 1. The Balaban J connectivity index is 1.41. The quantitative estimate of drug-likeness (QED) is 0.802. The number of rotatable bonds is 5. The Morgan fingerprint density at radius 3 is 2.44 bits per heavy atom. The molecule has 2 heterocycles. The lowest BCUT2D eigenvalue weighted by atomic mass is 9.95. The van der Waals surface area contributed by atoms with Crippen LogP contribution >= 0.6 is 0 Å². The number of aromatic nitrogens is 1. The molecule has 0 N–H and O–H groups in total. The first-order valence-electron chi connectivity index (χ1n) is 10.1. The lowest BCUT2D eigenvalue weighted by molar-refractivity contribution is 0.0697. The van der Waals surface area contributed by atoms with Crippen molar-refractivity contribution in [3.63, 3.8) is 0 Å². The summed E-state index contributed by atoms with van der Waals surface area (Å²) in [7, 11) is 2.10. The average Bonchev–Trinajstić information content (AvgIpc) is 3.49. The summed E-state index contributed by atoms with van der Waals surface area (Å²) in [5.41, 5.74) is 2.38. The molecule has 142 valence electrons. The number of pyridine rings is 1. The summed E-state index contributed by atoms with van der Waals surface area (Å²) in [5, 5.41) is 0. The minimum atomic E-state index is 0.117. The Kier molecular flexibility index (Phi) is 4.90. The van der Waals surface area contributed by atoms with Gasteiger partial charge in [-0.3, -0.25) is 4.79 Å².